The monoisotopic (exact) mass is 306 g/mol. The van der Waals surface area contributed by atoms with Gasteiger partial charge in [-0.1, -0.05) is 18.7 Å². The van der Waals surface area contributed by atoms with Crippen LogP contribution in [0.15, 0.2) is 66.6 Å². The molecule has 0 fully saturated rings. The molecular weight excluding hydrogens is 284 g/mol. The molecule has 0 bridgehead atoms. The van der Waals surface area contributed by atoms with Crippen LogP contribution in [-0.2, 0) is 0 Å². The van der Waals surface area contributed by atoms with Crippen molar-refractivity contribution in [2.45, 2.75) is 13.8 Å². The molecule has 0 amide bonds. The Bertz CT molecular complexity index is 730. The minimum Gasteiger partial charge on any atom is -0.388 e. The number of aliphatic imine (C=N–C) groups is 1. The molecular formula is C19H22N4. The largest absolute Gasteiger partial charge is 0.388 e. The lowest BCUT2D eigenvalue weighted by Crippen LogP contribution is -2.08. The molecule has 0 atom stereocenters. The molecule has 0 aliphatic carbocycles. The summed E-state index contributed by atoms with van der Waals surface area (Å²) in [5.74, 6) is 0.816. The topological polar surface area (TPSA) is 49.3 Å². The predicted molar refractivity (Wildman–Crippen MR) is 99.9 cm³/mol. The van der Waals surface area contributed by atoms with Crippen molar-refractivity contribution in [3.63, 3.8) is 0 Å². The van der Waals surface area contributed by atoms with Crippen LogP contribution in [0.4, 0.5) is 11.4 Å². The van der Waals surface area contributed by atoms with Crippen molar-refractivity contribution >= 4 is 22.8 Å². The number of benzene rings is 1. The van der Waals surface area contributed by atoms with Gasteiger partial charge in [-0.05, 0) is 54.8 Å². The highest BCUT2D eigenvalue weighted by Gasteiger charge is 2.00. The summed E-state index contributed by atoms with van der Waals surface area (Å²) in [7, 11) is 1.90. The van der Waals surface area contributed by atoms with Gasteiger partial charge in [0.2, 0.25) is 0 Å². The second kappa shape index (κ2) is 7.94. The Hall–Kier alpha value is -2.88. The summed E-state index contributed by atoms with van der Waals surface area (Å²) in [6, 6.07) is 10.0. The maximum absolute atomic E-state index is 4.40. The fourth-order valence-electron chi connectivity index (χ4n) is 2.03. The standard InChI is InChI=1S/C19H22N4/c1-14(17-6-5-10-21-13-17)9-11-22-16(3)23-19-12-18(20-4)8-7-15(19)2/h5-13,20H,1H2,2-4H3,(H,22,23)/b11-9-. The first kappa shape index (κ1) is 16.5. The molecule has 0 unspecified atom stereocenters. The van der Waals surface area contributed by atoms with E-state index in [1.165, 1.54) is 5.56 Å². The number of aryl methyl sites for hydroxylation is 1. The van der Waals surface area contributed by atoms with Crippen LogP contribution in [0.1, 0.15) is 18.1 Å². The maximum atomic E-state index is 4.40. The zero-order valence-corrected chi connectivity index (χ0v) is 13.8. The number of pyridine rings is 1. The Morgan fingerprint density at radius 2 is 2.13 bits per heavy atom. The normalized spacial score (nSPS) is 11.5. The van der Waals surface area contributed by atoms with E-state index >= 15 is 0 Å². The van der Waals surface area contributed by atoms with Crippen LogP contribution < -0.4 is 10.6 Å². The lowest BCUT2D eigenvalue weighted by molar-refractivity contribution is 1.31. The van der Waals surface area contributed by atoms with Crippen molar-refractivity contribution in [3.8, 4) is 0 Å². The number of hydrogen-bond donors (Lipinski definition) is 2. The van der Waals surface area contributed by atoms with Crippen molar-refractivity contribution in [2.75, 3.05) is 17.7 Å². The zero-order chi connectivity index (χ0) is 16.7. The van der Waals surface area contributed by atoms with Crippen molar-refractivity contribution in [2.24, 2.45) is 4.99 Å². The van der Waals surface area contributed by atoms with Crippen LogP contribution in [-0.4, -0.2) is 17.9 Å². The minimum absolute atomic E-state index is 0.816. The second-order valence-electron chi connectivity index (χ2n) is 5.20. The van der Waals surface area contributed by atoms with Crippen LogP contribution in [0.5, 0.6) is 0 Å². The number of nitrogens with one attached hydrogen (secondary N) is 2. The van der Waals surface area contributed by atoms with Crippen LogP contribution in [0.2, 0.25) is 0 Å². The Balaban J connectivity index is 2.03. The van der Waals surface area contributed by atoms with Crippen LogP contribution in [0.25, 0.3) is 5.57 Å². The molecule has 0 spiro atoms. The first-order valence-electron chi connectivity index (χ1n) is 7.46. The zero-order valence-electron chi connectivity index (χ0n) is 13.8. The summed E-state index contributed by atoms with van der Waals surface area (Å²) in [5, 5.41) is 6.45. The highest BCUT2D eigenvalue weighted by molar-refractivity contribution is 5.95. The van der Waals surface area contributed by atoms with Gasteiger partial charge in [0.05, 0.1) is 0 Å². The number of hydrogen-bond acceptors (Lipinski definition) is 3. The van der Waals surface area contributed by atoms with Gasteiger partial charge in [0.15, 0.2) is 0 Å². The Morgan fingerprint density at radius 1 is 1.30 bits per heavy atom. The van der Waals surface area contributed by atoms with E-state index in [9.17, 15) is 0 Å². The first-order chi connectivity index (χ1) is 11.1. The Morgan fingerprint density at radius 3 is 2.83 bits per heavy atom. The highest BCUT2D eigenvalue weighted by atomic mass is 15.0. The van der Waals surface area contributed by atoms with E-state index < -0.39 is 0 Å². The summed E-state index contributed by atoms with van der Waals surface area (Å²) in [6.07, 6.45) is 7.15. The van der Waals surface area contributed by atoms with Crippen molar-refractivity contribution in [3.05, 3.63) is 72.7 Å². The third kappa shape index (κ3) is 4.81. The number of anilines is 2. The molecule has 2 aromatic rings. The van der Waals surface area contributed by atoms with E-state index in [1.807, 2.05) is 38.2 Å². The number of allylic oxidation sites excluding steroid dienone is 2. The summed E-state index contributed by atoms with van der Waals surface area (Å²) < 4.78 is 0. The molecule has 0 saturated carbocycles. The van der Waals surface area contributed by atoms with E-state index in [4.69, 9.17) is 0 Å². The van der Waals surface area contributed by atoms with Gasteiger partial charge in [-0.25, -0.2) is 4.99 Å². The minimum atomic E-state index is 0.816. The first-order valence-corrected chi connectivity index (χ1v) is 7.46. The molecule has 118 valence electrons. The Kier molecular flexibility index (Phi) is 5.69. The van der Waals surface area contributed by atoms with Crippen LogP contribution in [0.3, 0.4) is 0 Å². The second-order valence-corrected chi connectivity index (χ2v) is 5.20. The molecule has 0 saturated heterocycles. The van der Waals surface area contributed by atoms with Gasteiger partial charge in [0.1, 0.15) is 5.84 Å². The van der Waals surface area contributed by atoms with E-state index in [1.54, 1.807) is 18.6 Å². The molecule has 4 heteroatoms. The molecule has 1 heterocycles. The van der Waals surface area contributed by atoms with Crippen molar-refractivity contribution < 1.29 is 0 Å². The molecule has 2 rings (SSSR count). The summed E-state index contributed by atoms with van der Waals surface area (Å²) in [4.78, 5) is 8.49. The summed E-state index contributed by atoms with van der Waals surface area (Å²) >= 11 is 0. The van der Waals surface area contributed by atoms with Gasteiger partial charge in [0.25, 0.3) is 0 Å². The van der Waals surface area contributed by atoms with Gasteiger partial charge < -0.3 is 10.6 Å². The molecule has 0 radical (unpaired) electrons. The van der Waals surface area contributed by atoms with Crippen molar-refractivity contribution in [1.29, 1.82) is 0 Å². The van der Waals surface area contributed by atoms with E-state index in [2.05, 4.69) is 46.2 Å². The molecule has 0 aliphatic heterocycles. The SMILES string of the molecule is C=C(/C=C\N=C(/C)Nc1cc(NC)ccc1C)c1cccnc1. The molecule has 1 aromatic heterocycles. The summed E-state index contributed by atoms with van der Waals surface area (Å²) in [6.45, 7) is 8.02. The molecule has 4 nitrogen and oxygen atoms in total. The van der Waals surface area contributed by atoms with Gasteiger partial charge in [-0.3, -0.25) is 4.98 Å². The van der Waals surface area contributed by atoms with Gasteiger partial charge in [0, 0.05) is 37.0 Å². The number of rotatable bonds is 5. The quantitative estimate of drug-likeness (QED) is 0.486. The maximum Gasteiger partial charge on any atom is 0.103 e. The fourth-order valence-corrected chi connectivity index (χ4v) is 2.03. The van der Waals surface area contributed by atoms with Gasteiger partial charge >= 0.3 is 0 Å². The van der Waals surface area contributed by atoms with Gasteiger partial charge in [-0.2, -0.15) is 0 Å². The third-order valence-electron chi connectivity index (χ3n) is 3.42. The lowest BCUT2D eigenvalue weighted by Gasteiger charge is -2.10. The van der Waals surface area contributed by atoms with Gasteiger partial charge in [-0.15, -0.1) is 0 Å². The van der Waals surface area contributed by atoms with Crippen LogP contribution >= 0.6 is 0 Å². The highest BCUT2D eigenvalue weighted by Crippen LogP contribution is 2.20. The molecule has 23 heavy (non-hydrogen) atoms. The van der Waals surface area contributed by atoms with Crippen LogP contribution in [0, 0.1) is 6.92 Å². The molecule has 0 aliphatic rings. The predicted octanol–water partition coefficient (Wildman–Crippen LogP) is 4.49. The number of amidine groups is 1. The molecule has 1 aromatic carbocycles. The Labute approximate surface area is 137 Å². The average Bonchev–Trinajstić information content (AvgIpc) is 2.57. The smallest absolute Gasteiger partial charge is 0.103 e. The van der Waals surface area contributed by atoms with E-state index in [0.717, 1.165) is 28.3 Å². The van der Waals surface area contributed by atoms with E-state index in [-0.39, 0.29) is 0 Å². The average molecular weight is 306 g/mol. The third-order valence-corrected chi connectivity index (χ3v) is 3.42. The van der Waals surface area contributed by atoms with Crippen molar-refractivity contribution in [1.82, 2.24) is 4.98 Å². The lowest BCUT2D eigenvalue weighted by atomic mass is 10.1. The molecule has 2 N–H and O–H groups in total. The fraction of sp³-hybridized carbons (Fsp3) is 0.158. The number of nitrogens with zero attached hydrogens (tertiary/aromatic N) is 2. The number of aromatic nitrogens is 1. The summed E-state index contributed by atoms with van der Waals surface area (Å²) in [5.41, 5.74) is 5.14. The van der Waals surface area contributed by atoms with E-state index in [0.29, 0.717) is 0 Å².